The minimum Gasteiger partial charge on any atom is -0.481 e. The average molecular weight is 1710 g/mol. The first-order valence-corrected chi connectivity index (χ1v) is 51.5. The normalized spacial score (nSPS) is 23.2. The highest BCUT2D eigenvalue weighted by molar-refractivity contribution is 7.92. The number of hydrogen-bond donors (Lipinski definition) is 6. The van der Waals surface area contributed by atoms with Crippen molar-refractivity contribution in [1.82, 2.24) is 20.0 Å². The summed E-state index contributed by atoms with van der Waals surface area (Å²) >= 11 is 37.8. The molecule has 0 aliphatic carbocycles. The summed E-state index contributed by atoms with van der Waals surface area (Å²) in [6.45, 7) is 28.5. The Labute approximate surface area is 690 Å². The number of piperidine rings is 3. The second-order valence-corrected chi connectivity index (χ2v) is 51.9. The van der Waals surface area contributed by atoms with E-state index >= 15 is 0 Å². The summed E-state index contributed by atoms with van der Waals surface area (Å²) in [6.07, 6.45) is 1.19. The number of aliphatic carboxylic acids is 2. The van der Waals surface area contributed by atoms with Gasteiger partial charge in [0.15, 0.2) is 34.8 Å². The van der Waals surface area contributed by atoms with Crippen molar-refractivity contribution in [1.29, 1.82) is 0 Å². The molecule has 3 heterocycles. The Morgan fingerprint density at radius 1 is 0.468 bits per heavy atom. The van der Waals surface area contributed by atoms with Crippen molar-refractivity contribution in [2.75, 3.05) is 18.8 Å². The van der Waals surface area contributed by atoms with Crippen LogP contribution in [0.2, 0.25) is 87.6 Å². The fourth-order valence-corrected chi connectivity index (χ4v) is 22.0. The predicted molar refractivity (Wildman–Crippen MR) is 455 cm³/mol. The molecule has 4 amide bonds. The van der Waals surface area contributed by atoms with E-state index < -0.39 is 80.3 Å². The van der Waals surface area contributed by atoms with Crippen LogP contribution in [0.25, 0.3) is 0 Å². The van der Waals surface area contributed by atoms with Gasteiger partial charge < -0.3 is 44.6 Å². The van der Waals surface area contributed by atoms with Gasteiger partial charge in [0.1, 0.15) is 0 Å². The number of hydrogen-bond acceptors (Lipinski definition) is 11. The van der Waals surface area contributed by atoms with Crippen molar-refractivity contribution in [2.45, 2.75) is 218 Å². The molecule has 6 aromatic carbocycles. The second-order valence-electron chi connectivity index (χ2n) is 34.4. The largest absolute Gasteiger partial charge is 0.481 e. The topological polar surface area (TPSA) is 259 Å². The van der Waals surface area contributed by atoms with Crippen LogP contribution in [0.5, 0.6) is 0 Å². The minimum absolute atomic E-state index is 0.0472. The number of sulfone groups is 1. The minimum atomic E-state index is -3.54. The number of rotatable bonds is 28. The smallest absolute Gasteiger partial charge is 0.304 e. The number of nitrogens with one attached hydrogen (secondary N) is 1. The summed E-state index contributed by atoms with van der Waals surface area (Å²) in [5.41, 5.74) is 2.21. The number of nitrogens with zero attached hydrogens (tertiary/aromatic N) is 3. The van der Waals surface area contributed by atoms with E-state index in [1.165, 1.54) is 0 Å². The summed E-state index contributed by atoms with van der Waals surface area (Å²) < 4.78 is 26.8. The zero-order valence-electron chi connectivity index (χ0n) is 66.4. The van der Waals surface area contributed by atoms with Crippen molar-refractivity contribution in [3.63, 3.8) is 0 Å². The summed E-state index contributed by atoms with van der Waals surface area (Å²) in [7, 11) is -10.8. The molecule has 3 saturated heterocycles. The van der Waals surface area contributed by atoms with Gasteiger partial charge in [0.2, 0.25) is 23.6 Å². The molecule has 0 bridgehead atoms. The number of halogens is 6. The van der Waals surface area contributed by atoms with Crippen LogP contribution in [0.15, 0.2) is 146 Å². The molecule has 0 radical (unpaired) electrons. The Morgan fingerprint density at radius 3 is 1.14 bits per heavy atom. The lowest BCUT2D eigenvalue weighted by molar-refractivity contribution is -0.161. The number of benzene rings is 6. The summed E-state index contributed by atoms with van der Waals surface area (Å²) in [5.74, 6) is -3.85. The van der Waals surface area contributed by atoms with Gasteiger partial charge in [-0.3, -0.25) is 28.8 Å². The van der Waals surface area contributed by atoms with Crippen molar-refractivity contribution in [3.8, 4) is 0 Å². The number of amides is 4. The molecule has 6 aromatic rings. The average Bonchev–Trinajstić information content (AvgIpc) is 0.745. The van der Waals surface area contributed by atoms with Gasteiger partial charge in [-0.2, -0.15) is 0 Å². The van der Waals surface area contributed by atoms with Gasteiger partial charge in [0.25, 0.3) is 0 Å². The summed E-state index contributed by atoms with van der Waals surface area (Å²) in [6, 6.07) is 44.4. The number of carboxylic acid groups (broad SMARTS) is 2. The monoisotopic (exact) mass is 1710 g/mol. The van der Waals surface area contributed by atoms with Crippen molar-refractivity contribution in [2.24, 2.45) is 28.1 Å². The lowest BCUT2D eigenvalue weighted by atomic mass is 9.66. The summed E-state index contributed by atoms with van der Waals surface area (Å²) in [4.78, 5) is 117. The van der Waals surface area contributed by atoms with E-state index in [1.54, 1.807) is 80.0 Å². The van der Waals surface area contributed by atoms with E-state index in [-0.39, 0.29) is 96.4 Å². The zero-order chi connectivity index (χ0) is 82.8. The molecule has 3 aliphatic rings. The molecule has 9 rings (SSSR count). The molecule has 11 atom stereocenters. The molecular weight excluding hydrogens is 1600 g/mol. The molecule has 0 spiro atoms. The Hall–Kier alpha value is -5.64. The third-order valence-electron chi connectivity index (χ3n) is 21.8. The van der Waals surface area contributed by atoms with Crippen LogP contribution in [0, 0.1) is 28.1 Å². The number of carbonyl (C=O) groups is 6. The predicted octanol–water partition coefficient (Wildman–Crippen LogP) is 19.5. The zero-order valence-corrected chi connectivity index (χ0v) is 74.8. The second kappa shape index (κ2) is 38.4. The maximum absolute atomic E-state index is 14.8. The van der Waals surface area contributed by atoms with E-state index in [0.29, 0.717) is 87.0 Å². The number of carbonyl (C=O) groups excluding carboxylic acids is 4. The SMILES string of the molecule is CC(C)[C@@H](CS(=O)(=O)C(C)C)N1C(=O)[C@@](C)(CC(=O)NCCC[Si](C)(C)O)C[C@H](c2cccc(Cl)c2)C1c1ccc(Cl)cc1.CC(C)[C@@H](C[Si](C)(C)O)N1C(=O)[C@@](C)(CC(=O)O)C[C@H](c2cccc(Cl)c2)C1c1ccc(Cl)cc1.C[C@]1(CC(=O)O)C[C@H](c2cccc(Cl)c2)C(c2ccc(Cl)cc2)N(CC[Si](C)(C)O)C1=O. The first-order valence-electron chi connectivity index (χ1n) is 38.0. The molecule has 3 aliphatic heterocycles. The fourth-order valence-electron chi connectivity index (χ4n) is 16.1. The molecule has 111 heavy (non-hydrogen) atoms. The maximum Gasteiger partial charge on any atom is 0.304 e. The van der Waals surface area contributed by atoms with E-state index in [0.717, 1.165) is 33.4 Å². The maximum atomic E-state index is 14.8. The molecular formula is C84H112Cl6N4O13SSi3. The highest BCUT2D eigenvalue weighted by atomic mass is 35.5. The highest BCUT2D eigenvalue weighted by Gasteiger charge is 2.56. The number of carboxylic acids is 2. The molecule has 3 fully saturated rings. The number of likely N-dealkylation sites (tertiary alicyclic amines) is 3. The molecule has 6 N–H and O–H groups in total. The third kappa shape index (κ3) is 25.2. The standard InChI is InChI=1S/C33H48Cl2N2O5SSi.C27H35Cl2NO4Si.C24H29Cl2NO4Si/c1-22(2)29(21-43(40,41)23(3)4)37-31(24-12-14-26(34)15-13-24)28(25-10-8-11-27(35)18-25)19-33(5,32(37)39)20-30(38)36-16-9-17-44(6,7)42;1-17(2)23(16-35(4,5)34)30-25(18-9-11-20(28)12-10-18)22(19-7-6-8-21(29)13-19)14-27(3,26(30)33)15-24(31)32;1-24(15-21(28)29)14-20(17-5-4-6-19(26)13-17)22(16-7-9-18(25)10-8-16)27(23(24)30)11-12-32(2,3)31/h8,10-15,18,22-23,28-29,31,42H,9,16-17,19-21H2,1-7H3,(H,36,38);6-13,17,22-23,25,34H,14-16H2,1-5H3,(H,31,32);4-10,13,20,22,31H,11-12,14-15H2,1-3H3,(H,28,29)/t28-,29-,31?,33-;22-,23-,25?,27-;20-,22?,24-/m111/s1. The van der Waals surface area contributed by atoms with Crippen molar-refractivity contribution < 1.29 is 61.8 Å². The van der Waals surface area contributed by atoms with Gasteiger partial charge in [0, 0.05) is 79.5 Å². The van der Waals surface area contributed by atoms with E-state index in [9.17, 15) is 61.8 Å². The highest BCUT2D eigenvalue weighted by Crippen LogP contribution is 2.56. The fraction of sp³-hybridized carbons (Fsp3) is 0.500. The van der Waals surface area contributed by atoms with Gasteiger partial charge in [-0.05, 0) is 215 Å². The van der Waals surface area contributed by atoms with E-state index in [1.807, 2.05) is 168 Å². The molecule has 3 unspecified atom stereocenters. The van der Waals surface area contributed by atoms with E-state index in [4.69, 9.17) is 69.6 Å². The van der Waals surface area contributed by atoms with E-state index in [2.05, 4.69) is 19.2 Å². The molecule has 0 aromatic heterocycles. The molecule has 17 nitrogen and oxygen atoms in total. The van der Waals surface area contributed by atoms with Gasteiger partial charge in [0.05, 0.1) is 58.2 Å². The van der Waals surface area contributed by atoms with Gasteiger partial charge in [-0.25, -0.2) is 8.42 Å². The van der Waals surface area contributed by atoms with Crippen LogP contribution in [-0.2, 0) is 38.6 Å². The summed E-state index contributed by atoms with van der Waals surface area (Å²) in [5, 5.41) is 25.1. The molecule has 606 valence electrons. The first kappa shape index (κ1) is 92.5. The third-order valence-corrected chi connectivity index (χ3v) is 29.9. The van der Waals surface area contributed by atoms with Crippen LogP contribution in [-0.4, -0.2) is 144 Å². The molecule has 0 saturated carbocycles. The van der Waals surface area contributed by atoms with Gasteiger partial charge in [-0.1, -0.05) is 191 Å². The van der Waals surface area contributed by atoms with Crippen LogP contribution in [0.4, 0.5) is 0 Å². The lowest BCUT2D eigenvalue weighted by Crippen LogP contribution is -2.59. The Balaban J connectivity index is 0.000000235. The van der Waals surface area contributed by atoms with Crippen molar-refractivity contribution in [3.05, 3.63) is 209 Å². The first-order chi connectivity index (χ1) is 51.5. The Morgan fingerprint density at radius 2 is 0.811 bits per heavy atom. The van der Waals surface area contributed by atoms with Crippen molar-refractivity contribution >= 4 is 140 Å². The van der Waals surface area contributed by atoms with Crippen LogP contribution >= 0.6 is 69.6 Å². The van der Waals surface area contributed by atoms with Gasteiger partial charge >= 0.3 is 11.9 Å². The lowest BCUT2D eigenvalue weighted by Gasteiger charge is -2.53. The Bertz CT molecular complexity index is 4340. The Kier molecular flexibility index (Phi) is 32.0. The van der Waals surface area contributed by atoms with Gasteiger partial charge in [-0.15, -0.1) is 0 Å². The van der Waals surface area contributed by atoms with Crippen LogP contribution in [0.1, 0.15) is 177 Å². The van der Waals surface area contributed by atoms with Crippen LogP contribution < -0.4 is 5.32 Å². The quantitative estimate of drug-likeness (QED) is 0.0197. The van der Waals surface area contributed by atoms with Crippen LogP contribution in [0.3, 0.4) is 0 Å². The molecule has 27 heteroatoms.